The van der Waals surface area contributed by atoms with Crippen molar-refractivity contribution in [2.24, 2.45) is 15.4 Å². The van der Waals surface area contributed by atoms with E-state index in [4.69, 9.17) is 0 Å². The molecular weight excluding hydrogens is 258 g/mol. The third-order valence-corrected chi connectivity index (χ3v) is 3.91. The highest BCUT2D eigenvalue weighted by Crippen LogP contribution is 2.38. The molecule has 3 nitrogen and oxygen atoms in total. The Hall–Kier alpha value is -2.81. The molecule has 0 saturated carbocycles. The van der Waals surface area contributed by atoms with Gasteiger partial charge >= 0.3 is 0 Å². The number of benzene rings is 3. The molecule has 4 rings (SSSR count). The van der Waals surface area contributed by atoms with Crippen molar-refractivity contribution in [2.45, 2.75) is 5.54 Å². The number of nitrogens with zero attached hydrogens (tertiary/aromatic N) is 3. The number of hydrogen-bond acceptors (Lipinski definition) is 3. The van der Waals surface area contributed by atoms with E-state index in [2.05, 4.69) is 57.9 Å². The van der Waals surface area contributed by atoms with Gasteiger partial charge in [0, 0.05) is 0 Å². The molecule has 0 spiro atoms. The van der Waals surface area contributed by atoms with Gasteiger partial charge in [-0.1, -0.05) is 72.8 Å². The molecule has 3 aromatic carbocycles. The van der Waals surface area contributed by atoms with E-state index >= 15 is 0 Å². The van der Waals surface area contributed by atoms with E-state index in [1.807, 2.05) is 36.5 Å². The molecule has 0 N–H and O–H groups in total. The quantitative estimate of drug-likeness (QED) is 0.656. The van der Waals surface area contributed by atoms with Crippen LogP contribution in [0.25, 0.3) is 10.8 Å². The minimum Gasteiger partial charge on any atom is -0.146 e. The molecule has 1 aliphatic heterocycles. The van der Waals surface area contributed by atoms with Gasteiger partial charge in [0.05, 0.1) is 6.21 Å². The fourth-order valence-electron chi connectivity index (χ4n) is 2.89. The van der Waals surface area contributed by atoms with Crippen molar-refractivity contribution in [3.8, 4) is 0 Å². The molecule has 1 atom stereocenters. The molecule has 3 heteroatoms. The summed E-state index contributed by atoms with van der Waals surface area (Å²) in [5.41, 5.74) is 1.56. The minimum absolute atomic E-state index is 0.623. The summed E-state index contributed by atoms with van der Waals surface area (Å²) in [5, 5.41) is 14.8. The Kier molecular flexibility index (Phi) is 2.64. The summed E-state index contributed by atoms with van der Waals surface area (Å²) < 4.78 is 0. The molecule has 21 heavy (non-hydrogen) atoms. The maximum Gasteiger partial charge on any atom is 0.171 e. The van der Waals surface area contributed by atoms with Crippen LogP contribution in [0.1, 0.15) is 11.1 Å². The van der Waals surface area contributed by atoms with E-state index in [0.717, 1.165) is 11.1 Å². The number of rotatable bonds is 2. The van der Waals surface area contributed by atoms with E-state index in [0.29, 0.717) is 0 Å². The van der Waals surface area contributed by atoms with E-state index < -0.39 is 5.54 Å². The lowest BCUT2D eigenvalue weighted by atomic mass is 9.82. The van der Waals surface area contributed by atoms with Crippen LogP contribution in [0, 0.1) is 0 Å². The van der Waals surface area contributed by atoms with Gasteiger partial charge in [-0.05, 0) is 27.1 Å². The SMILES string of the molecule is C1=NN=NC1(c1ccccc1)c1cccc2ccccc12. The topological polar surface area (TPSA) is 37.1 Å². The van der Waals surface area contributed by atoms with Crippen LogP contribution in [0.2, 0.25) is 0 Å². The van der Waals surface area contributed by atoms with Crippen LogP contribution in [0.3, 0.4) is 0 Å². The van der Waals surface area contributed by atoms with Crippen LogP contribution in [-0.2, 0) is 5.54 Å². The third kappa shape index (κ3) is 1.78. The molecular formula is C18H13N3. The Bertz CT molecular complexity index is 833. The van der Waals surface area contributed by atoms with Crippen molar-refractivity contribution in [3.63, 3.8) is 0 Å². The normalized spacial score (nSPS) is 20.2. The zero-order chi connectivity index (χ0) is 14.1. The highest BCUT2D eigenvalue weighted by molar-refractivity contribution is 5.93. The number of hydrogen-bond donors (Lipinski definition) is 0. The van der Waals surface area contributed by atoms with Crippen molar-refractivity contribution < 1.29 is 0 Å². The molecule has 0 amide bonds. The maximum atomic E-state index is 4.46. The van der Waals surface area contributed by atoms with Gasteiger partial charge in [0.1, 0.15) is 0 Å². The van der Waals surface area contributed by atoms with Crippen molar-refractivity contribution in [2.75, 3.05) is 0 Å². The average Bonchev–Trinajstić information content (AvgIpc) is 3.06. The Morgan fingerprint density at radius 1 is 0.714 bits per heavy atom. The second-order valence-electron chi connectivity index (χ2n) is 5.09. The fraction of sp³-hybridized carbons (Fsp3) is 0.0556. The molecule has 0 aliphatic carbocycles. The monoisotopic (exact) mass is 271 g/mol. The lowest BCUT2D eigenvalue weighted by Gasteiger charge is -2.24. The second-order valence-corrected chi connectivity index (χ2v) is 5.09. The predicted molar refractivity (Wildman–Crippen MR) is 84.5 cm³/mol. The molecule has 1 heterocycles. The first kappa shape index (κ1) is 12.0. The van der Waals surface area contributed by atoms with Gasteiger partial charge in [-0.2, -0.15) is 0 Å². The van der Waals surface area contributed by atoms with E-state index in [9.17, 15) is 0 Å². The van der Waals surface area contributed by atoms with E-state index in [1.165, 1.54) is 10.8 Å². The standard InChI is InChI=1S/C18H13N3/c1-2-9-15(10-3-1)18(13-19-21-20-18)17-12-6-8-14-7-4-5-11-16(14)17/h1-13H. The largest absolute Gasteiger partial charge is 0.171 e. The molecule has 1 unspecified atom stereocenters. The molecule has 0 bridgehead atoms. The fourth-order valence-corrected chi connectivity index (χ4v) is 2.89. The highest BCUT2D eigenvalue weighted by atomic mass is 15.4. The molecule has 0 saturated heterocycles. The summed E-state index contributed by atoms with van der Waals surface area (Å²) in [5.74, 6) is 0. The van der Waals surface area contributed by atoms with E-state index in [1.54, 1.807) is 0 Å². The number of fused-ring (bicyclic) bond motifs is 1. The summed E-state index contributed by atoms with van der Waals surface area (Å²) in [7, 11) is 0. The smallest absolute Gasteiger partial charge is 0.146 e. The van der Waals surface area contributed by atoms with Crippen LogP contribution >= 0.6 is 0 Å². The van der Waals surface area contributed by atoms with Gasteiger partial charge in [-0.25, -0.2) is 0 Å². The molecule has 0 fully saturated rings. The van der Waals surface area contributed by atoms with Crippen LogP contribution in [0.4, 0.5) is 0 Å². The molecule has 1 aliphatic rings. The first-order chi connectivity index (χ1) is 10.4. The highest BCUT2D eigenvalue weighted by Gasteiger charge is 2.36. The van der Waals surface area contributed by atoms with Crippen molar-refractivity contribution in [1.82, 2.24) is 0 Å². The Balaban J connectivity index is 2.05. The van der Waals surface area contributed by atoms with Gasteiger partial charge < -0.3 is 0 Å². The Morgan fingerprint density at radius 2 is 1.48 bits per heavy atom. The average molecular weight is 271 g/mol. The first-order valence-corrected chi connectivity index (χ1v) is 6.90. The predicted octanol–water partition coefficient (Wildman–Crippen LogP) is 4.54. The van der Waals surface area contributed by atoms with Crippen LogP contribution in [0.15, 0.2) is 88.2 Å². The summed E-state index contributed by atoms with van der Waals surface area (Å²) in [4.78, 5) is 0. The Labute approximate surface area is 122 Å². The van der Waals surface area contributed by atoms with Gasteiger partial charge in [0.25, 0.3) is 0 Å². The minimum atomic E-state index is -0.623. The van der Waals surface area contributed by atoms with Crippen molar-refractivity contribution >= 4 is 17.0 Å². The van der Waals surface area contributed by atoms with Crippen LogP contribution in [0.5, 0.6) is 0 Å². The lowest BCUT2D eigenvalue weighted by Crippen LogP contribution is -2.25. The first-order valence-electron chi connectivity index (χ1n) is 6.90. The molecule has 100 valence electrons. The molecule has 0 aromatic heterocycles. The summed E-state index contributed by atoms with van der Waals surface area (Å²) in [6, 6.07) is 24.8. The zero-order valence-corrected chi connectivity index (χ0v) is 11.3. The van der Waals surface area contributed by atoms with E-state index in [-0.39, 0.29) is 0 Å². The summed E-state index contributed by atoms with van der Waals surface area (Å²) >= 11 is 0. The van der Waals surface area contributed by atoms with Crippen LogP contribution in [-0.4, -0.2) is 6.21 Å². The van der Waals surface area contributed by atoms with Gasteiger partial charge in [-0.15, -0.1) is 10.2 Å². The zero-order valence-electron chi connectivity index (χ0n) is 11.3. The van der Waals surface area contributed by atoms with Crippen LogP contribution < -0.4 is 0 Å². The van der Waals surface area contributed by atoms with Crippen molar-refractivity contribution in [1.29, 1.82) is 0 Å². The second kappa shape index (κ2) is 4.63. The third-order valence-electron chi connectivity index (χ3n) is 3.91. The van der Waals surface area contributed by atoms with Gasteiger partial charge in [-0.3, -0.25) is 0 Å². The Morgan fingerprint density at radius 3 is 2.29 bits per heavy atom. The van der Waals surface area contributed by atoms with Gasteiger partial charge in [0.15, 0.2) is 5.54 Å². The summed E-state index contributed by atoms with van der Waals surface area (Å²) in [6.07, 6.45) is 1.82. The summed E-state index contributed by atoms with van der Waals surface area (Å²) in [6.45, 7) is 0. The maximum absolute atomic E-state index is 4.46. The lowest BCUT2D eigenvalue weighted by molar-refractivity contribution is 0.725. The molecule has 3 aromatic rings. The van der Waals surface area contributed by atoms with Crippen molar-refractivity contribution in [3.05, 3.63) is 83.9 Å². The molecule has 0 radical (unpaired) electrons. The van der Waals surface area contributed by atoms with Gasteiger partial charge in [0.2, 0.25) is 0 Å².